The highest BCUT2D eigenvalue weighted by atomic mass is 35.5. The van der Waals surface area contributed by atoms with Gasteiger partial charge in [0, 0.05) is 12.6 Å². The molecule has 8 heavy (non-hydrogen) atoms. The minimum absolute atomic E-state index is 0. The standard InChI is InChI=1S/C5H11NO.ClH/c1-2-4-5(7)3-6-4;/h4-7H,2-3H2,1H3;1H/t4-,5-;/m0./s1. The molecule has 0 saturated carbocycles. The molecule has 2 atom stereocenters. The summed E-state index contributed by atoms with van der Waals surface area (Å²) in [6, 6.07) is 0.389. The first-order valence-corrected chi connectivity index (χ1v) is 2.76. The molecular weight excluding hydrogens is 126 g/mol. The van der Waals surface area contributed by atoms with Gasteiger partial charge in [-0.25, -0.2) is 0 Å². The molecule has 0 aromatic carbocycles. The molecule has 1 rings (SSSR count). The summed E-state index contributed by atoms with van der Waals surface area (Å²) in [4.78, 5) is 0. The smallest absolute Gasteiger partial charge is 0.0817 e. The largest absolute Gasteiger partial charge is 0.390 e. The summed E-state index contributed by atoms with van der Waals surface area (Å²) >= 11 is 0. The Morgan fingerprint density at radius 1 is 1.75 bits per heavy atom. The van der Waals surface area contributed by atoms with E-state index in [1.165, 1.54) is 0 Å². The molecule has 1 aliphatic rings. The molecule has 0 bridgehead atoms. The maximum atomic E-state index is 8.85. The van der Waals surface area contributed by atoms with E-state index in [9.17, 15) is 0 Å². The summed E-state index contributed by atoms with van der Waals surface area (Å²) in [6.07, 6.45) is 0.978. The van der Waals surface area contributed by atoms with Gasteiger partial charge < -0.3 is 10.4 Å². The molecule has 2 N–H and O–H groups in total. The fourth-order valence-electron chi connectivity index (χ4n) is 0.806. The van der Waals surface area contributed by atoms with Gasteiger partial charge in [0.1, 0.15) is 0 Å². The van der Waals surface area contributed by atoms with E-state index in [0.29, 0.717) is 6.04 Å². The lowest BCUT2D eigenvalue weighted by Gasteiger charge is -2.32. The molecule has 1 fully saturated rings. The Labute approximate surface area is 55.7 Å². The maximum Gasteiger partial charge on any atom is 0.0817 e. The third-order valence-corrected chi connectivity index (χ3v) is 1.49. The third kappa shape index (κ3) is 1.34. The normalized spacial score (nSPS) is 35.2. The van der Waals surface area contributed by atoms with Crippen molar-refractivity contribution in [2.75, 3.05) is 6.54 Å². The average molecular weight is 138 g/mol. The van der Waals surface area contributed by atoms with Gasteiger partial charge in [0.25, 0.3) is 0 Å². The second-order valence-corrected chi connectivity index (χ2v) is 1.99. The molecule has 0 spiro atoms. The summed E-state index contributed by atoms with van der Waals surface area (Å²) < 4.78 is 0. The first-order chi connectivity index (χ1) is 3.34. The molecule has 0 aliphatic carbocycles. The number of nitrogens with one attached hydrogen (secondary N) is 1. The lowest BCUT2D eigenvalue weighted by Crippen LogP contribution is -2.56. The van der Waals surface area contributed by atoms with Crippen LogP contribution >= 0.6 is 12.4 Å². The number of rotatable bonds is 1. The zero-order valence-electron chi connectivity index (χ0n) is 4.92. The Balaban J connectivity index is 0.000000490. The van der Waals surface area contributed by atoms with Crippen LogP contribution in [0.5, 0.6) is 0 Å². The SMILES string of the molecule is CC[C@@H]1NC[C@@H]1O.Cl. The van der Waals surface area contributed by atoms with Gasteiger partial charge >= 0.3 is 0 Å². The van der Waals surface area contributed by atoms with Crippen molar-refractivity contribution in [3.63, 3.8) is 0 Å². The Hall–Kier alpha value is 0.210. The molecule has 2 nitrogen and oxygen atoms in total. The molecule has 3 heteroatoms. The molecule has 0 aromatic rings. The van der Waals surface area contributed by atoms with E-state index in [1.807, 2.05) is 0 Å². The fraction of sp³-hybridized carbons (Fsp3) is 1.00. The molecule has 50 valence electrons. The summed E-state index contributed by atoms with van der Waals surface area (Å²) in [7, 11) is 0. The van der Waals surface area contributed by atoms with Crippen molar-refractivity contribution < 1.29 is 5.11 Å². The van der Waals surface area contributed by atoms with E-state index in [-0.39, 0.29) is 18.5 Å². The van der Waals surface area contributed by atoms with E-state index in [1.54, 1.807) is 0 Å². The van der Waals surface area contributed by atoms with E-state index in [0.717, 1.165) is 13.0 Å². The molecular formula is C5H12ClNO. The molecule has 0 amide bonds. The first kappa shape index (κ1) is 8.21. The molecule has 0 aromatic heterocycles. The molecule has 0 radical (unpaired) electrons. The highest BCUT2D eigenvalue weighted by Crippen LogP contribution is 2.05. The lowest BCUT2D eigenvalue weighted by molar-refractivity contribution is 0.0596. The van der Waals surface area contributed by atoms with Crippen LogP contribution in [0.4, 0.5) is 0 Å². The van der Waals surface area contributed by atoms with Crippen LogP contribution in [-0.2, 0) is 0 Å². The van der Waals surface area contributed by atoms with Crippen molar-refractivity contribution in [3.05, 3.63) is 0 Å². The van der Waals surface area contributed by atoms with Crippen LogP contribution in [0.25, 0.3) is 0 Å². The quantitative estimate of drug-likeness (QED) is 0.540. The fourth-order valence-corrected chi connectivity index (χ4v) is 0.806. The highest BCUT2D eigenvalue weighted by Gasteiger charge is 2.25. The lowest BCUT2D eigenvalue weighted by atomic mass is 10.0. The number of β-amino-alcohol motifs (C(OH)–C–C–N with tert-alkyl or cyclic N) is 1. The van der Waals surface area contributed by atoms with Crippen molar-refractivity contribution in [1.82, 2.24) is 5.32 Å². The minimum Gasteiger partial charge on any atom is -0.390 e. The van der Waals surface area contributed by atoms with Crippen LogP contribution in [0.15, 0.2) is 0 Å². The predicted octanol–water partition coefficient (Wildman–Crippen LogP) is 0.151. The zero-order chi connectivity index (χ0) is 5.28. The summed E-state index contributed by atoms with van der Waals surface area (Å²) in [6.45, 7) is 2.86. The average Bonchev–Trinajstić information content (AvgIpc) is 1.65. The summed E-state index contributed by atoms with van der Waals surface area (Å²) in [5.41, 5.74) is 0. The third-order valence-electron chi connectivity index (χ3n) is 1.49. The minimum atomic E-state index is -0.0648. The van der Waals surface area contributed by atoms with Crippen LogP contribution in [0.2, 0.25) is 0 Å². The number of aliphatic hydroxyl groups excluding tert-OH is 1. The van der Waals surface area contributed by atoms with E-state index in [4.69, 9.17) is 5.11 Å². The van der Waals surface area contributed by atoms with Crippen molar-refractivity contribution in [3.8, 4) is 0 Å². The monoisotopic (exact) mass is 137 g/mol. The van der Waals surface area contributed by atoms with Gasteiger partial charge in [-0.05, 0) is 6.42 Å². The Morgan fingerprint density at radius 2 is 2.38 bits per heavy atom. The Morgan fingerprint density at radius 3 is 2.38 bits per heavy atom. The highest BCUT2D eigenvalue weighted by molar-refractivity contribution is 5.85. The summed E-state index contributed by atoms with van der Waals surface area (Å²) in [5.74, 6) is 0. The van der Waals surface area contributed by atoms with Crippen molar-refractivity contribution in [2.45, 2.75) is 25.5 Å². The Bertz CT molecular complexity index is 67.4. The predicted molar refractivity (Wildman–Crippen MR) is 35.3 cm³/mol. The van der Waals surface area contributed by atoms with Gasteiger partial charge in [0.05, 0.1) is 6.10 Å². The van der Waals surface area contributed by atoms with Gasteiger partial charge in [0.15, 0.2) is 0 Å². The van der Waals surface area contributed by atoms with E-state index >= 15 is 0 Å². The van der Waals surface area contributed by atoms with Gasteiger partial charge in [-0.3, -0.25) is 0 Å². The number of hydrogen-bond donors (Lipinski definition) is 2. The van der Waals surface area contributed by atoms with Crippen LogP contribution in [0, 0.1) is 0 Å². The van der Waals surface area contributed by atoms with E-state index < -0.39 is 0 Å². The maximum absolute atomic E-state index is 8.85. The number of aliphatic hydroxyl groups is 1. The molecule has 1 aliphatic heterocycles. The second-order valence-electron chi connectivity index (χ2n) is 1.99. The second kappa shape index (κ2) is 3.28. The van der Waals surface area contributed by atoms with Gasteiger partial charge in [-0.2, -0.15) is 0 Å². The van der Waals surface area contributed by atoms with Gasteiger partial charge in [-0.15, -0.1) is 12.4 Å². The van der Waals surface area contributed by atoms with E-state index in [2.05, 4.69) is 12.2 Å². The van der Waals surface area contributed by atoms with Crippen LogP contribution in [0.1, 0.15) is 13.3 Å². The van der Waals surface area contributed by atoms with Gasteiger partial charge in [0.2, 0.25) is 0 Å². The van der Waals surface area contributed by atoms with Crippen molar-refractivity contribution in [2.24, 2.45) is 0 Å². The Kier molecular flexibility index (Phi) is 3.36. The molecule has 1 saturated heterocycles. The molecule has 1 heterocycles. The van der Waals surface area contributed by atoms with Crippen molar-refractivity contribution in [1.29, 1.82) is 0 Å². The topological polar surface area (TPSA) is 32.3 Å². The van der Waals surface area contributed by atoms with Gasteiger partial charge in [-0.1, -0.05) is 6.92 Å². The summed E-state index contributed by atoms with van der Waals surface area (Å²) in [5, 5.41) is 11.9. The van der Waals surface area contributed by atoms with Crippen LogP contribution in [0.3, 0.4) is 0 Å². The number of halogens is 1. The number of hydrogen-bond acceptors (Lipinski definition) is 2. The van der Waals surface area contributed by atoms with Crippen molar-refractivity contribution >= 4 is 12.4 Å². The molecule has 0 unspecified atom stereocenters. The first-order valence-electron chi connectivity index (χ1n) is 2.76. The van der Waals surface area contributed by atoms with Crippen LogP contribution < -0.4 is 5.32 Å². The zero-order valence-corrected chi connectivity index (χ0v) is 5.74. The van der Waals surface area contributed by atoms with Crippen LogP contribution in [-0.4, -0.2) is 23.8 Å².